The molecule has 0 aromatic heterocycles. The average Bonchev–Trinajstić information content (AvgIpc) is 3.01. The number of carbonyl (C=O) groups excluding carboxylic acids is 1. The van der Waals surface area contributed by atoms with E-state index in [4.69, 9.17) is 0 Å². The summed E-state index contributed by atoms with van der Waals surface area (Å²) in [4.78, 5) is 11.5. The third kappa shape index (κ3) is 2.72. The molecule has 0 aliphatic heterocycles. The fourth-order valence-corrected chi connectivity index (χ4v) is 2.81. The molecule has 0 aromatic carbocycles. The number of hydrogen-bond acceptors (Lipinski definition) is 1. The Kier molecular flexibility index (Phi) is 3.47. The molecule has 1 amide bonds. The van der Waals surface area contributed by atoms with Gasteiger partial charge in [-0.1, -0.05) is 22.4 Å². The average molecular weight is 260 g/mol. The van der Waals surface area contributed by atoms with Gasteiger partial charge in [0.15, 0.2) is 0 Å². The molecule has 2 saturated carbocycles. The third-order valence-corrected chi connectivity index (χ3v) is 4.21. The number of nitrogens with one attached hydrogen (secondary N) is 1. The highest BCUT2D eigenvalue weighted by atomic mass is 79.9. The summed E-state index contributed by atoms with van der Waals surface area (Å²) in [6.45, 7) is 0. The molecule has 2 fully saturated rings. The first kappa shape index (κ1) is 10.5. The molecule has 2 nitrogen and oxygen atoms in total. The van der Waals surface area contributed by atoms with Gasteiger partial charge in [0, 0.05) is 17.3 Å². The van der Waals surface area contributed by atoms with E-state index in [0.717, 1.165) is 24.1 Å². The topological polar surface area (TPSA) is 29.1 Å². The summed E-state index contributed by atoms with van der Waals surface area (Å²) in [7, 11) is 0. The van der Waals surface area contributed by atoms with Crippen molar-refractivity contribution in [3.8, 4) is 0 Å². The first-order chi connectivity index (χ1) is 6.79. The highest BCUT2D eigenvalue weighted by Gasteiger charge is 2.32. The number of amides is 1. The van der Waals surface area contributed by atoms with Gasteiger partial charge in [-0.15, -0.1) is 0 Å². The Morgan fingerprint density at radius 1 is 1.29 bits per heavy atom. The lowest BCUT2D eigenvalue weighted by molar-refractivity contribution is -0.123. The largest absolute Gasteiger partial charge is 0.353 e. The molecule has 2 aliphatic rings. The van der Waals surface area contributed by atoms with Gasteiger partial charge in [0.05, 0.1) is 0 Å². The van der Waals surface area contributed by atoms with Gasteiger partial charge in [-0.25, -0.2) is 0 Å². The number of carbonyl (C=O) groups is 1. The van der Waals surface area contributed by atoms with Crippen molar-refractivity contribution in [2.45, 2.75) is 44.6 Å². The third-order valence-electron chi connectivity index (χ3n) is 3.30. The first-order valence-corrected chi connectivity index (χ1v) is 6.78. The van der Waals surface area contributed by atoms with Gasteiger partial charge in [0.2, 0.25) is 5.91 Å². The zero-order chi connectivity index (χ0) is 9.97. The summed E-state index contributed by atoms with van der Waals surface area (Å²) in [5, 5.41) is 4.27. The van der Waals surface area contributed by atoms with E-state index in [1.54, 1.807) is 0 Å². The molecule has 2 aliphatic carbocycles. The summed E-state index contributed by atoms with van der Waals surface area (Å²) >= 11 is 3.53. The van der Waals surface area contributed by atoms with E-state index in [2.05, 4.69) is 21.2 Å². The predicted molar refractivity (Wildman–Crippen MR) is 60.4 cm³/mol. The van der Waals surface area contributed by atoms with Crippen LogP contribution in [0.1, 0.15) is 38.5 Å². The molecule has 2 rings (SSSR count). The van der Waals surface area contributed by atoms with Crippen LogP contribution in [0.4, 0.5) is 0 Å². The lowest BCUT2D eigenvalue weighted by Gasteiger charge is -2.28. The van der Waals surface area contributed by atoms with Crippen molar-refractivity contribution in [2.24, 2.45) is 11.8 Å². The SMILES string of the molecule is O=C(NC1CCCC(CBr)C1)C1CC1. The summed E-state index contributed by atoms with van der Waals surface area (Å²) in [6, 6.07) is 0.458. The minimum absolute atomic E-state index is 0.310. The van der Waals surface area contributed by atoms with Crippen molar-refractivity contribution >= 4 is 21.8 Å². The van der Waals surface area contributed by atoms with Gasteiger partial charge in [0.1, 0.15) is 0 Å². The molecule has 0 bridgehead atoms. The normalized spacial score (nSPS) is 32.6. The van der Waals surface area contributed by atoms with Crippen molar-refractivity contribution in [3.63, 3.8) is 0 Å². The summed E-state index contributed by atoms with van der Waals surface area (Å²) in [5.41, 5.74) is 0. The Balaban J connectivity index is 1.76. The molecule has 0 spiro atoms. The van der Waals surface area contributed by atoms with Crippen molar-refractivity contribution in [1.82, 2.24) is 5.32 Å². The van der Waals surface area contributed by atoms with Gasteiger partial charge in [-0.2, -0.15) is 0 Å². The predicted octanol–water partition coefficient (Wildman–Crippen LogP) is 2.47. The van der Waals surface area contributed by atoms with Crippen LogP contribution < -0.4 is 5.32 Å². The van der Waals surface area contributed by atoms with Crippen molar-refractivity contribution < 1.29 is 4.79 Å². The van der Waals surface area contributed by atoms with Gasteiger partial charge in [0.25, 0.3) is 0 Å². The molecule has 1 N–H and O–H groups in total. The molecule has 0 aromatic rings. The molecule has 2 unspecified atom stereocenters. The number of halogens is 1. The second kappa shape index (κ2) is 4.65. The van der Waals surface area contributed by atoms with Gasteiger partial charge >= 0.3 is 0 Å². The molecular weight excluding hydrogens is 242 g/mol. The van der Waals surface area contributed by atoms with Crippen LogP contribution in [0.15, 0.2) is 0 Å². The molecule has 0 saturated heterocycles. The van der Waals surface area contributed by atoms with E-state index >= 15 is 0 Å². The molecule has 2 atom stereocenters. The number of alkyl halides is 1. The Morgan fingerprint density at radius 3 is 2.71 bits per heavy atom. The second-order valence-corrected chi connectivity index (χ2v) is 5.31. The molecule has 80 valence electrons. The maximum absolute atomic E-state index is 11.5. The van der Waals surface area contributed by atoms with Crippen LogP contribution >= 0.6 is 15.9 Å². The minimum Gasteiger partial charge on any atom is -0.353 e. The molecule has 0 radical (unpaired) electrons. The summed E-state index contributed by atoms with van der Waals surface area (Å²) in [6.07, 6.45) is 7.17. The van der Waals surface area contributed by atoms with Crippen molar-refractivity contribution in [3.05, 3.63) is 0 Å². The van der Waals surface area contributed by atoms with Crippen molar-refractivity contribution in [2.75, 3.05) is 5.33 Å². The van der Waals surface area contributed by atoms with E-state index in [-0.39, 0.29) is 0 Å². The number of hydrogen-bond donors (Lipinski definition) is 1. The van der Waals surface area contributed by atoms with Gasteiger partial charge in [-0.3, -0.25) is 4.79 Å². The maximum Gasteiger partial charge on any atom is 0.223 e. The van der Waals surface area contributed by atoms with Gasteiger partial charge in [-0.05, 0) is 38.0 Å². The van der Waals surface area contributed by atoms with Crippen LogP contribution in [-0.4, -0.2) is 17.3 Å². The summed E-state index contributed by atoms with van der Waals surface area (Å²) < 4.78 is 0. The lowest BCUT2D eigenvalue weighted by Crippen LogP contribution is -2.39. The number of rotatable bonds is 3. The monoisotopic (exact) mass is 259 g/mol. The van der Waals surface area contributed by atoms with Crippen molar-refractivity contribution in [1.29, 1.82) is 0 Å². The standard InChI is InChI=1S/C11H18BrNO/c12-7-8-2-1-3-10(6-8)13-11(14)9-4-5-9/h8-10H,1-7H2,(H,13,14). The van der Waals surface area contributed by atoms with Crippen LogP contribution in [-0.2, 0) is 4.79 Å². The van der Waals surface area contributed by atoms with Crippen LogP contribution in [0.2, 0.25) is 0 Å². The maximum atomic E-state index is 11.5. The zero-order valence-corrected chi connectivity index (χ0v) is 10.1. The molecule has 0 heterocycles. The molecular formula is C11H18BrNO. The Labute approximate surface area is 94.0 Å². The zero-order valence-electron chi connectivity index (χ0n) is 8.47. The highest BCUT2D eigenvalue weighted by molar-refractivity contribution is 9.09. The second-order valence-electron chi connectivity index (χ2n) is 4.67. The van der Waals surface area contributed by atoms with E-state index in [9.17, 15) is 4.79 Å². The first-order valence-electron chi connectivity index (χ1n) is 5.66. The fourth-order valence-electron chi connectivity index (χ4n) is 2.23. The van der Waals surface area contributed by atoms with E-state index in [0.29, 0.717) is 17.9 Å². The minimum atomic E-state index is 0.310. The van der Waals surface area contributed by atoms with E-state index in [1.165, 1.54) is 25.7 Å². The smallest absolute Gasteiger partial charge is 0.223 e. The molecule has 3 heteroatoms. The summed E-state index contributed by atoms with van der Waals surface area (Å²) in [5.74, 6) is 1.44. The van der Waals surface area contributed by atoms with E-state index in [1.807, 2.05) is 0 Å². The lowest BCUT2D eigenvalue weighted by atomic mass is 9.87. The quantitative estimate of drug-likeness (QED) is 0.776. The Hall–Kier alpha value is -0.0500. The van der Waals surface area contributed by atoms with Crippen LogP contribution in [0.3, 0.4) is 0 Å². The van der Waals surface area contributed by atoms with E-state index < -0.39 is 0 Å². The fraction of sp³-hybridized carbons (Fsp3) is 0.909. The Bertz CT molecular complexity index is 215. The Morgan fingerprint density at radius 2 is 2.07 bits per heavy atom. The van der Waals surface area contributed by atoms with Crippen LogP contribution in [0, 0.1) is 11.8 Å². The highest BCUT2D eigenvalue weighted by Crippen LogP contribution is 2.30. The van der Waals surface area contributed by atoms with Crippen LogP contribution in [0.25, 0.3) is 0 Å². The van der Waals surface area contributed by atoms with Crippen LogP contribution in [0.5, 0.6) is 0 Å². The molecule has 14 heavy (non-hydrogen) atoms. The van der Waals surface area contributed by atoms with Gasteiger partial charge < -0.3 is 5.32 Å².